The molecule has 1 aromatic rings. The molecular weight excluding hydrogens is 412 g/mol. The molecule has 32 heavy (non-hydrogen) atoms. The van der Waals surface area contributed by atoms with Crippen molar-refractivity contribution >= 4 is 29.4 Å². The molecule has 9 nitrogen and oxygen atoms in total. The fourth-order valence-electron chi connectivity index (χ4n) is 3.97. The average molecular weight is 445 g/mol. The van der Waals surface area contributed by atoms with Crippen LogP contribution in [0.15, 0.2) is 24.3 Å². The molecule has 0 saturated carbocycles. The van der Waals surface area contributed by atoms with Gasteiger partial charge in [-0.05, 0) is 43.9 Å². The van der Waals surface area contributed by atoms with Gasteiger partial charge < -0.3 is 25.2 Å². The number of nitrogens with one attached hydrogen (secondary N) is 2. The number of hydrogen-bond donors (Lipinski definition) is 2. The number of carbonyl (C=O) groups excluding carboxylic acids is 4. The molecule has 0 aliphatic carbocycles. The van der Waals surface area contributed by atoms with E-state index in [9.17, 15) is 19.2 Å². The van der Waals surface area contributed by atoms with Crippen LogP contribution in [0.4, 0.5) is 5.69 Å². The van der Waals surface area contributed by atoms with Gasteiger partial charge in [-0.15, -0.1) is 0 Å². The van der Waals surface area contributed by atoms with Gasteiger partial charge in [0.25, 0.3) is 5.91 Å². The first-order valence-corrected chi connectivity index (χ1v) is 11.4. The van der Waals surface area contributed by atoms with E-state index in [2.05, 4.69) is 10.6 Å². The summed E-state index contributed by atoms with van der Waals surface area (Å²) in [6.07, 6.45) is 3.72. The van der Waals surface area contributed by atoms with Gasteiger partial charge >= 0.3 is 5.97 Å². The van der Waals surface area contributed by atoms with Crippen LogP contribution >= 0.6 is 0 Å². The third kappa shape index (κ3) is 6.21. The van der Waals surface area contributed by atoms with Crippen molar-refractivity contribution in [1.82, 2.24) is 15.1 Å². The van der Waals surface area contributed by atoms with Crippen molar-refractivity contribution in [2.24, 2.45) is 0 Å². The van der Waals surface area contributed by atoms with E-state index in [1.165, 1.54) is 4.90 Å². The van der Waals surface area contributed by atoms with Crippen LogP contribution < -0.4 is 10.6 Å². The molecule has 0 bridgehead atoms. The number of piperazine rings is 1. The summed E-state index contributed by atoms with van der Waals surface area (Å²) in [6.45, 7) is 4.33. The number of ether oxygens (including phenoxy) is 1. The zero-order chi connectivity index (χ0) is 22.9. The Morgan fingerprint density at radius 2 is 1.94 bits per heavy atom. The van der Waals surface area contributed by atoms with Crippen molar-refractivity contribution in [1.29, 1.82) is 0 Å². The molecular formula is C23H32N4O5. The van der Waals surface area contributed by atoms with E-state index >= 15 is 0 Å². The lowest BCUT2D eigenvalue weighted by Gasteiger charge is -2.34. The topological polar surface area (TPSA) is 108 Å². The highest BCUT2D eigenvalue weighted by atomic mass is 16.5. The third-order valence-electron chi connectivity index (χ3n) is 5.67. The zero-order valence-electron chi connectivity index (χ0n) is 18.6. The fraction of sp³-hybridized carbons (Fsp3) is 0.565. The van der Waals surface area contributed by atoms with Crippen molar-refractivity contribution in [3.63, 3.8) is 0 Å². The minimum atomic E-state index is -0.880. The van der Waals surface area contributed by atoms with Gasteiger partial charge in [0.1, 0.15) is 6.04 Å². The van der Waals surface area contributed by atoms with Gasteiger partial charge in [0, 0.05) is 37.4 Å². The second kappa shape index (κ2) is 11.5. The summed E-state index contributed by atoms with van der Waals surface area (Å²) in [4.78, 5) is 53.1. The zero-order valence-corrected chi connectivity index (χ0v) is 18.6. The Morgan fingerprint density at radius 1 is 1.16 bits per heavy atom. The van der Waals surface area contributed by atoms with E-state index in [1.54, 1.807) is 24.3 Å². The molecule has 0 spiro atoms. The van der Waals surface area contributed by atoms with Crippen LogP contribution in [0.25, 0.3) is 0 Å². The predicted octanol–water partition coefficient (Wildman–Crippen LogP) is 1.39. The van der Waals surface area contributed by atoms with Crippen LogP contribution in [-0.4, -0.2) is 78.9 Å². The number of rotatable bonds is 8. The minimum Gasteiger partial charge on any atom is -0.466 e. The van der Waals surface area contributed by atoms with Gasteiger partial charge in [-0.1, -0.05) is 13.0 Å². The van der Waals surface area contributed by atoms with Gasteiger partial charge in [-0.3, -0.25) is 19.2 Å². The standard InChI is InChI=1S/C23H32N4O5/c1-2-13-32-21(29)15-19-22(30)24-9-12-27(19)20(28)16-25-18-8-6-7-17(14-18)23(31)26-10-4-3-5-11-26/h6-8,14,19,25H,2-5,9-13,15-16H2,1H3,(H,24,30). The Morgan fingerprint density at radius 3 is 2.69 bits per heavy atom. The Kier molecular flexibility index (Phi) is 8.47. The summed E-state index contributed by atoms with van der Waals surface area (Å²) in [7, 11) is 0. The maximum atomic E-state index is 12.8. The molecule has 2 aliphatic heterocycles. The molecule has 2 saturated heterocycles. The number of hydrogen-bond acceptors (Lipinski definition) is 6. The molecule has 0 radical (unpaired) electrons. The van der Waals surface area contributed by atoms with Crippen LogP contribution in [0.3, 0.4) is 0 Å². The number of likely N-dealkylation sites (tertiary alicyclic amines) is 1. The number of esters is 1. The number of benzene rings is 1. The lowest BCUT2D eigenvalue weighted by atomic mass is 10.1. The van der Waals surface area contributed by atoms with E-state index < -0.39 is 12.0 Å². The highest BCUT2D eigenvalue weighted by Gasteiger charge is 2.35. The van der Waals surface area contributed by atoms with Gasteiger partial charge in [-0.25, -0.2) is 0 Å². The van der Waals surface area contributed by atoms with Crippen LogP contribution in [0.5, 0.6) is 0 Å². The first kappa shape index (κ1) is 23.6. The number of amides is 3. The largest absolute Gasteiger partial charge is 0.466 e. The van der Waals surface area contributed by atoms with Crippen LogP contribution in [-0.2, 0) is 19.1 Å². The van der Waals surface area contributed by atoms with Crippen molar-refractivity contribution in [3.8, 4) is 0 Å². The highest BCUT2D eigenvalue weighted by molar-refractivity contribution is 5.96. The first-order valence-electron chi connectivity index (χ1n) is 11.4. The second-order valence-corrected chi connectivity index (χ2v) is 8.11. The lowest BCUT2D eigenvalue weighted by Crippen LogP contribution is -2.58. The van der Waals surface area contributed by atoms with E-state index in [1.807, 2.05) is 11.8 Å². The minimum absolute atomic E-state index is 0.00182. The maximum Gasteiger partial charge on any atom is 0.308 e. The molecule has 1 unspecified atom stereocenters. The lowest BCUT2D eigenvalue weighted by molar-refractivity contribution is -0.151. The van der Waals surface area contributed by atoms with Crippen LogP contribution in [0, 0.1) is 0 Å². The molecule has 9 heteroatoms. The Labute approximate surface area is 188 Å². The molecule has 0 aromatic heterocycles. The van der Waals surface area contributed by atoms with Crippen LogP contribution in [0.1, 0.15) is 49.4 Å². The van der Waals surface area contributed by atoms with Gasteiger partial charge in [-0.2, -0.15) is 0 Å². The Balaban J connectivity index is 1.59. The fourth-order valence-corrected chi connectivity index (χ4v) is 3.97. The average Bonchev–Trinajstić information content (AvgIpc) is 2.82. The summed E-state index contributed by atoms with van der Waals surface area (Å²) in [6, 6.07) is 6.21. The summed E-state index contributed by atoms with van der Waals surface area (Å²) in [5, 5.41) is 5.75. The summed E-state index contributed by atoms with van der Waals surface area (Å²) < 4.78 is 5.08. The van der Waals surface area contributed by atoms with Gasteiger partial charge in [0.2, 0.25) is 11.8 Å². The molecule has 2 N–H and O–H groups in total. The van der Waals surface area contributed by atoms with Crippen molar-refractivity contribution in [3.05, 3.63) is 29.8 Å². The normalized spacial score (nSPS) is 18.7. The van der Waals surface area contributed by atoms with Crippen molar-refractivity contribution in [2.45, 2.75) is 45.1 Å². The van der Waals surface area contributed by atoms with Crippen LogP contribution in [0.2, 0.25) is 0 Å². The van der Waals surface area contributed by atoms with Gasteiger partial charge in [0.15, 0.2) is 0 Å². The Hall–Kier alpha value is -3.10. The monoisotopic (exact) mass is 444 g/mol. The molecule has 2 heterocycles. The second-order valence-electron chi connectivity index (χ2n) is 8.11. The first-order chi connectivity index (χ1) is 15.5. The predicted molar refractivity (Wildman–Crippen MR) is 119 cm³/mol. The number of nitrogens with zero attached hydrogens (tertiary/aromatic N) is 2. The number of anilines is 1. The summed E-state index contributed by atoms with van der Waals surface area (Å²) in [5.74, 6) is -1.14. The molecule has 2 fully saturated rings. The molecule has 2 aliphatic rings. The summed E-state index contributed by atoms with van der Waals surface area (Å²) >= 11 is 0. The summed E-state index contributed by atoms with van der Waals surface area (Å²) in [5.41, 5.74) is 1.24. The Bertz CT molecular complexity index is 837. The SMILES string of the molecule is CCCOC(=O)CC1C(=O)NCCN1C(=O)CNc1cccc(C(=O)N2CCCCC2)c1. The molecule has 1 aromatic carbocycles. The van der Waals surface area contributed by atoms with E-state index in [0.29, 0.717) is 30.8 Å². The third-order valence-corrected chi connectivity index (χ3v) is 5.67. The molecule has 3 rings (SSSR count). The molecule has 174 valence electrons. The number of piperidine rings is 1. The van der Waals surface area contributed by atoms with Crippen molar-refractivity contribution < 1.29 is 23.9 Å². The van der Waals surface area contributed by atoms with E-state index in [0.717, 1.165) is 32.4 Å². The smallest absolute Gasteiger partial charge is 0.308 e. The number of carbonyl (C=O) groups is 4. The van der Waals surface area contributed by atoms with Crippen molar-refractivity contribution in [2.75, 3.05) is 44.6 Å². The highest BCUT2D eigenvalue weighted by Crippen LogP contribution is 2.17. The molecule has 3 amide bonds. The maximum absolute atomic E-state index is 12.8. The van der Waals surface area contributed by atoms with Gasteiger partial charge in [0.05, 0.1) is 19.6 Å². The molecule has 1 atom stereocenters. The van der Waals surface area contributed by atoms with E-state index in [-0.39, 0.29) is 37.3 Å². The van der Waals surface area contributed by atoms with E-state index in [4.69, 9.17) is 4.74 Å². The quantitative estimate of drug-likeness (QED) is 0.587.